The average molecular weight is 282 g/mol. The van der Waals surface area contributed by atoms with Crippen molar-refractivity contribution in [3.05, 3.63) is 53.7 Å². The minimum atomic E-state index is -0.518. The van der Waals surface area contributed by atoms with Crippen molar-refractivity contribution in [1.29, 1.82) is 5.26 Å². The van der Waals surface area contributed by atoms with Gasteiger partial charge in [-0.15, -0.1) is 0 Å². The number of rotatable bonds is 6. The van der Waals surface area contributed by atoms with Crippen molar-refractivity contribution in [3.8, 4) is 11.8 Å². The number of hydrogen-bond donors (Lipinski definition) is 2. The number of hydrogen-bond acceptors (Lipinski definition) is 5. The van der Waals surface area contributed by atoms with Crippen molar-refractivity contribution in [2.75, 3.05) is 11.9 Å². The Bertz CT molecular complexity index is 679. The predicted molar refractivity (Wildman–Crippen MR) is 77.4 cm³/mol. The molecule has 3 N–H and O–H groups in total. The zero-order valence-corrected chi connectivity index (χ0v) is 11.2. The van der Waals surface area contributed by atoms with Gasteiger partial charge in [-0.25, -0.2) is 4.98 Å². The Balaban J connectivity index is 1.98. The van der Waals surface area contributed by atoms with Gasteiger partial charge in [0.25, 0.3) is 5.91 Å². The molecular weight excluding hydrogens is 268 g/mol. The first-order valence-electron chi connectivity index (χ1n) is 6.28. The van der Waals surface area contributed by atoms with Crippen molar-refractivity contribution in [3.63, 3.8) is 0 Å². The summed E-state index contributed by atoms with van der Waals surface area (Å²) in [6.45, 7) is 0.373. The van der Waals surface area contributed by atoms with Crippen LogP contribution in [0.4, 0.5) is 5.82 Å². The Morgan fingerprint density at radius 3 is 2.90 bits per heavy atom. The van der Waals surface area contributed by atoms with Crippen LogP contribution in [0.1, 0.15) is 11.3 Å². The molecule has 0 aliphatic heterocycles. The fraction of sp³-hybridized carbons (Fsp3) is 0.133. The molecule has 0 radical (unpaired) electrons. The van der Waals surface area contributed by atoms with Gasteiger partial charge in [0, 0.05) is 6.54 Å². The van der Waals surface area contributed by atoms with Gasteiger partial charge in [-0.2, -0.15) is 5.26 Å². The van der Waals surface area contributed by atoms with E-state index in [2.05, 4.69) is 10.3 Å². The Kier molecular flexibility index (Phi) is 4.72. The number of nitrogens with zero attached hydrogens (tertiary/aromatic N) is 2. The van der Waals surface area contributed by atoms with Crippen molar-refractivity contribution >= 4 is 11.7 Å². The van der Waals surface area contributed by atoms with E-state index in [0.29, 0.717) is 23.8 Å². The van der Waals surface area contributed by atoms with Gasteiger partial charge in [0.15, 0.2) is 6.61 Å². The van der Waals surface area contributed by atoms with E-state index in [-0.39, 0.29) is 6.61 Å². The molecule has 6 nitrogen and oxygen atoms in total. The molecule has 2 rings (SSSR count). The molecule has 0 atom stereocenters. The number of carbonyl (C=O) groups is 1. The van der Waals surface area contributed by atoms with Gasteiger partial charge < -0.3 is 15.8 Å². The van der Waals surface area contributed by atoms with Gasteiger partial charge in [-0.3, -0.25) is 4.79 Å². The largest absolute Gasteiger partial charge is 0.484 e. The summed E-state index contributed by atoms with van der Waals surface area (Å²) in [6.07, 6.45) is 0. The molecule has 0 saturated heterocycles. The first-order valence-corrected chi connectivity index (χ1v) is 6.28. The Morgan fingerprint density at radius 2 is 2.14 bits per heavy atom. The topological polar surface area (TPSA) is 101 Å². The summed E-state index contributed by atoms with van der Waals surface area (Å²) in [4.78, 5) is 14.8. The summed E-state index contributed by atoms with van der Waals surface area (Å²) in [5.41, 5.74) is 6.35. The highest BCUT2D eigenvalue weighted by molar-refractivity contribution is 5.75. The van der Waals surface area contributed by atoms with Crippen LogP contribution in [-0.4, -0.2) is 17.5 Å². The second-order valence-corrected chi connectivity index (χ2v) is 4.28. The molecule has 6 heteroatoms. The summed E-state index contributed by atoms with van der Waals surface area (Å²) >= 11 is 0. The monoisotopic (exact) mass is 282 g/mol. The summed E-state index contributed by atoms with van der Waals surface area (Å²) < 4.78 is 5.24. The highest BCUT2D eigenvalue weighted by atomic mass is 16.5. The number of ether oxygens (including phenoxy) is 1. The maximum absolute atomic E-state index is 10.7. The van der Waals surface area contributed by atoms with Gasteiger partial charge in [-0.05, 0) is 29.8 Å². The van der Waals surface area contributed by atoms with Crippen molar-refractivity contribution in [1.82, 2.24) is 4.98 Å². The van der Waals surface area contributed by atoms with E-state index in [1.54, 1.807) is 24.3 Å². The summed E-state index contributed by atoms with van der Waals surface area (Å²) in [5.74, 6) is 0.681. The van der Waals surface area contributed by atoms with Gasteiger partial charge in [0.05, 0.1) is 0 Å². The predicted octanol–water partition coefficient (Wildman–Crippen LogP) is 1.43. The van der Waals surface area contributed by atoms with Gasteiger partial charge in [-0.1, -0.05) is 18.2 Å². The molecule has 1 aromatic carbocycles. The average Bonchev–Trinajstić information content (AvgIpc) is 2.51. The van der Waals surface area contributed by atoms with E-state index in [1.165, 1.54) is 0 Å². The lowest BCUT2D eigenvalue weighted by Crippen LogP contribution is -2.20. The van der Waals surface area contributed by atoms with Crippen LogP contribution in [0.5, 0.6) is 5.75 Å². The maximum Gasteiger partial charge on any atom is 0.255 e. The lowest BCUT2D eigenvalue weighted by molar-refractivity contribution is -0.119. The summed E-state index contributed by atoms with van der Waals surface area (Å²) in [5, 5.41) is 11.9. The van der Waals surface area contributed by atoms with Gasteiger partial charge in [0.1, 0.15) is 23.3 Å². The third-order valence-electron chi connectivity index (χ3n) is 2.62. The SMILES string of the molecule is N#Cc1cccc(NCc2cccc(OCC(N)=O)c2)n1. The second kappa shape index (κ2) is 6.91. The molecule has 0 fully saturated rings. The molecule has 2 aromatic rings. The fourth-order valence-electron chi connectivity index (χ4n) is 1.69. The zero-order chi connectivity index (χ0) is 15.1. The zero-order valence-electron chi connectivity index (χ0n) is 11.2. The van der Waals surface area contributed by atoms with Crippen LogP contribution in [0, 0.1) is 11.3 Å². The standard InChI is InChI=1S/C15H14N4O2/c16-8-12-4-2-6-15(19-12)18-9-11-3-1-5-13(7-11)21-10-14(17)20/h1-7H,9-10H2,(H2,17,20)(H,18,19). The molecule has 1 heterocycles. The number of pyridine rings is 1. The maximum atomic E-state index is 10.7. The van der Waals surface area contributed by atoms with Crippen LogP contribution in [0.3, 0.4) is 0 Å². The lowest BCUT2D eigenvalue weighted by Gasteiger charge is -2.08. The number of benzene rings is 1. The quantitative estimate of drug-likeness (QED) is 0.834. The molecule has 0 bridgehead atoms. The van der Waals surface area contributed by atoms with Crippen LogP contribution in [0.2, 0.25) is 0 Å². The van der Waals surface area contributed by atoms with E-state index >= 15 is 0 Å². The molecular formula is C15H14N4O2. The number of carbonyl (C=O) groups excluding carboxylic acids is 1. The van der Waals surface area contributed by atoms with Crippen LogP contribution in [0.15, 0.2) is 42.5 Å². The molecule has 1 amide bonds. The number of primary amides is 1. The Morgan fingerprint density at radius 1 is 1.33 bits per heavy atom. The number of nitrogens with one attached hydrogen (secondary N) is 1. The summed E-state index contributed by atoms with van der Waals surface area (Å²) in [6, 6.07) is 14.5. The number of nitrogens with two attached hydrogens (primary N) is 1. The first kappa shape index (κ1) is 14.3. The van der Waals surface area contributed by atoms with Crippen molar-refractivity contribution in [2.45, 2.75) is 6.54 Å². The van der Waals surface area contributed by atoms with Crippen LogP contribution < -0.4 is 15.8 Å². The molecule has 0 unspecified atom stereocenters. The molecule has 1 aromatic heterocycles. The van der Waals surface area contributed by atoms with Gasteiger partial charge in [0.2, 0.25) is 0 Å². The number of nitriles is 1. The third-order valence-corrected chi connectivity index (χ3v) is 2.62. The van der Waals surface area contributed by atoms with E-state index in [1.807, 2.05) is 24.3 Å². The minimum absolute atomic E-state index is 0.150. The lowest BCUT2D eigenvalue weighted by atomic mass is 10.2. The van der Waals surface area contributed by atoms with Crippen LogP contribution >= 0.6 is 0 Å². The van der Waals surface area contributed by atoms with Crippen LogP contribution in [-0.2, 0) is 11.3 Å². The van der Waals surface area contributed by atoms with Crippen LogP contribution in [0.25, 0.3) is 0 Å². The van der Waals surface area contributed by atoms with Crippen molar-refractivity contribution < 1.29 is 9.53 Å². The normalized spacial score (nSPS) is 9.67. The molecule has 0 aliphatic rings. The highest BCUT2D eigenvalue weighted by Gasteiger charge is 2.01. The first-order chi connectivity index (χ1) is 10.2. The molecule has 0 spiro atoms. The van der Waals surface area contributed by atoms with E-state index in [0.717, 1.165) is 5.56 Å². The molecule has 21 heavy (non-hydrogen) atoms. The minimum Gasteiger partial charge on any atom is -0.484 e. The van der Waals surface area contributed by atoms with E-state index in [9.17, 15) is 4.79 Å². The molecule has 0 saturated carbocycles. The molecule has 106 valence electrons. The number of aromatic nitrogens is 1. The van der Waals surface area contributed by atoms with E-state index in [4.69, 9.17) is 15.7 Å². The highest BCUT2D eigenvalue weighted by Crippen LogP contribution is 2.14. The summed E-state index contributed by atoms with van der Waals surface area (Å²) in [7, 11) is 0. The number of amides is 1. The molecule has 0 aliphatic carbocycles. The third kappa shape index (κ3) is 4.51. The van der Waals surface area contributed by atoms with Gasteiger partial charge >= 0.3 is 0 Å². The van der Waals surface area contributed by atoms with E-state index < -0.39 is 5.91 Å². The van der Waals surface area contributed by atoms with Crippen molar-refractivity contribution in [2.24, 2.45) is 5.73 Å². The smallest absolute Gasteiger partial charge is 0.255 e. The Labute approximate surface area is 122 Å². The number of anilines is 1. The Hall–Kier alpha value is -3.07. The second-order valence-electron chi connectivity index (χ2n) is 4.28. The fourth-order valence-corrected chi connectivity index (χ4v) is 1.69.